The molecule has 0 aliphatic carbocycles. The fraction of sp³-hybridized carbons (Fsp3) is 0.857. The van der Waals surface area contributed by atoms with Gasteiger partial charge in [0, 0.05) is 19.8 Å². The first-order valence-corrected chi connectivity index (χ1v) is 6.29. The lowest BCUT2D eigenvalue weighted by Gasteiger charge is -2.11. The van der Waals surface area contributed by atoms with Crippen molar-refractivity contribution in [1.82, 2.24) is 5.32 Å². The highest BCUT2D eigenvalue weighted by Crippen LogP contribution is 2.33. The predicted molar refractivity (Wildman–Crippen MR) is 63.6 cm³/mol. The lowest BCUT2D eigenvalue weighted by molar-refractivity contribution is -0.119. The van der Waals surface area contributed by atoms with Gasteiger partial charge in [0.2, 0.25) is 2.14 Å². The second kappa shape index (κ2) is 7.20. The molecule has 0 fully saturated rings. The number of amides is 1. The van der Waals surface area contributed by atoms with Gasteiger partial charge in [-0.3, -0.25) is 4.79 Å². The highest BCUT2D eigenvalue weighted by atomic mass is 80.0. The van der Waals surface area contributed by atoms with Crippen LogP contribution in [0.2, 0.25) is 0 Å². The van der Waals surface area contributed by atoms with Gasteiger partial charge in [-0.15, -0.1) is 0 Å². The molecule has 6 heteroatoms. The maximum absolute atomic E-state index is 11.2. The van der Waals surface area contributed by atoms with Gasteiger partial charge in [-0.1, -0.05) is 0 Å². The standard InChI is InChI=1S/C7H12Br3NO2/c1-2-13-5-3-4-11-6(12)7(8,9)10/h2-5H2,1H3,(H,11,12). The lowest BCUT2D eigenvalue weighted by atomic mass is 10.4. The van der Waals surface area contributed by atoms with E-state index >= 15 is 0 Å². The van der Waals surface area contributed by atoms with E-state index in [2.05, 4.69) is 53.1 Å². The van der Waals surface area contributed by atoms with Crippen LogP contribution in [0.15, 0.2) is 0 Å². The van der Waals surface area contributed by atoms with E-state index in [0.29, 0.717) is 19.8 Å². The summed E-state index contributed by atoms with van der Waals surface area (Å²) in [4.78, 5) is 11.2. The molecule has 0 radical (unpaired) electrons. The van der Waals surface area contributed by atoms with Crippen LogP contribution in [-0.2, 0) is 9.53 Å². The van der Waals surface area contributed by atoms with E-state index < -0.39 is 2.14 Å². The maximum Gasteiger partial charge on any atom is 0.258 e. The second-order valence-corrected chi connectivity index (χ2v) is 9.07. The fourth-order valence-corrected chi connectivity index (χ4v) is 1.04. The van der Waals surface area contributed by atoms with Crippen LogP contribution in [0.4, 0.5) is 0 Å². The number of alkyl halides is 3. The Balaban J connectivity index is 3.38. The van der Waals surface area contributed by atoms with E-state index in [0.717, 1.165) is 6.42 Å². The van der Waals surface area contributed by atoms with Crippen molar-refractivity contribution in [2.24, 2.45) is 0 Å². The van der Waals surface area contributed by atoms with Crippen LogP contribution in [0, 0.1) is 0 Å². The first-order chi connectivity index (χ1) is 5.98. The Labute approximate surface area is 103 Å². The van der Waals surface area contributed by atoms with Crippen molar-refractivity contribution >= 4 is 53.7 Å². The van der Waals surface area contributed by atoms with Gasteiger partial charge < -0.3 is 10.1 Å². The van der Waals surface area contributed by atoms with Crippen molar-refractivity contribution in [2.75, 3.05) is 19.8 Å². The zero-order valence-corrected chi connectivity index (χ0v) is 12.0. The molecule has 0 aromatic heterocycles. The molecule has 0 saturated carbocycles. The first kappa shape index (κ1) is 13.9. The third-order valence-electron chi connectivity index (χ3n) is 1.21. The highest BCUT2D eigenvalue weighted by Gasteiger charge is 2.27. The summed E-state index contributed by atoms with van der Waals surface area (Å²) in [5.74, 6) is -0.149. The number of ether oxygens (including phenoxy) is 1. The van der Waals surface area contributed by atoms with E-state index in [9.17, 15) is 4.79 Å². The van der Waals surface area contributed by atoms with Crippen LogP contribution in [0.3, 0.4) is 0 Å². The van der Waals surface area contributed by atoms with E-state index in [-0.39, 0.29) is 5.91 Å². The van der Waals surface area contributed by atoms with Gasteiger partial charge in [-0.05, 0) is 61.1 Å². The van der Waals surface area contributed by atoms with Crippen LogP contribution < -0.4 is 5.32 Å². The minimum Gasteiger partial charge on any atom is -0.382 e. The molecule has 0 saturated heterocycles. The molecule has 0 aromatic carbocycles. The normalized spacial score (nSPS) is 11.4. The molecule has 0 unspecified atom stereocenters. The van der Waals surface area contributed by atoms with Gasteiger partial charge in [0.05, 0.1) is 0 Å². The Bertz CT molecular complexity index is 158. The highest BCUT2D eigenvalue weighted by molar-refractivity contribution is 9.40. The van der Waals surface area contributed by atoms with Gasteiger partial charge >= 0.3 is 0 Å². The minimum absolute atomic E-state index is 0.149. The molecule has 1 N–H and O–H groups in total. The first-order valence-electron chi connectivity index (χ1n) is 3.91. The molecular formula is C7H12Br3NO2. The molecule has 78 valence electrons. The Kier molecular flexibility index (Phi) is 7.68. The number of carbonyl (C=O) groups excluding carboxylic acids is 1. The Hall–Kier alpha value is 0.870. The van der Waals surface area contributed by atoms with E-state index in [1.807, 2.05) is 6.92 Å². The van der Waals surface area contributed by atoms with Gasteiger partial charge in [-0.25, -0.2) is 0 Å². The summed E-state index contributed by atoms with van der Waals surface area (Å²) in [7, 11) is 0. The van der Waals surface area contributed by atoms with Gasteiger partial charge in [0.1, 0.15) is 0 Å². The lowest BCUT2D eigenvalue weighted by Crippen LogP contribution is -2.34. The molecule has 3 nitrogen and oxygen atoms in total. The molecule has 0 aromatic rings. The van der Waals surface area contributed by atoms with Gasteiger partial charge in [0.15, 0.2) is 0 Å². The summed E-state index contributed by atoms with van der Waals surface area (Å²) in [6, 6.07) is 0. The van der Waals surface area contributed by atoms with Crippen LogP contribution >= 0.6 is 47.8 Å². The van der Waals surface area contributed by atoms with Crippen molar-refractivity contribution in [3.8, 4) is 0 Å². The fourth-order valence-electron chi connectivity index (χ4n) is 0.621. The van der Waals surface area contributed by atoms with Crippen LogP contribution in [0.5, 0.6) is 0 Å². The number of hydrogen-bond donors (Lipinski definition) is 1. The van der Waals surface area contributed by atoms with E-state index in [4.69, 9.17) is 4.74 Å². The average molecular weight is 382 g/mol. The quantitative estimate of drug-likeness (QED) is 0.586. The summed E-state index contributed by atoms with van der Waals surface area (Å²) >= 11 is 9.35. The largest absolute Gasteiger partial charge is 0.382 e. The molecule has 0 heterocycles. The van der Waals surface area contributed by atoms with E-state index in [1.165, 1.54) is 0 Å². The Morgan fingerprint density at radius 1 is 1.46 bits per heavy atom. The van der Waals surface area contributed by atoms with Crippen LogP contribution in [-0.4, -0.2) is 27.8 Å². The zero-order valence-electron chi connectivity index (χ0n) is 7.28. The zero-order chi connectivity index (χ0) is 10.3. The van der Waals surface area contributed by atoms with Gasteiger partial charge in [0.25, 0.3) is 5.91 Å². The number of nitrogens with one attached hydrogen (secondary N) is 1. The van der Waals surface area contributed by atoms with Crippen molar-refractivity contribution in [2.45, 2.75) is 15.5 Å². The van der Waals surface area contributed by atoms with Gasteiger partial charge in [-0.2, -0.15) is 0 Å². The molecular weight excluding hydrogens is 370 g/mol. The number of halogens is 3. The van der Waals surface area contributed by atoms with E-state index in [1.54, 1.807) is 0 Å². The molecule has 13 heavy (non-hydrogen) atoms. The molecule has 1 amide bonds. The van der Waals surface area contributed by atoms with Crippen LogP contribution in [0.25, 0.3) is 0 Å². The third kappa shape index (κ3) is 7.90. The molecule has 0 bridgehead atoms. The summed E-state index contributed by atoms with van der Waals surface area (Å²) < 4.78 is 4.27. The van der Waals surface area contributed by atoms with Crippen molar-refractivity contribution in [1.29, 1.82) is 0 Å². The molecule has 0 spiro atoms. The third-order valence-corrected chi connectivity index (χ3v) is 2.29. The summed E-state index contributed by atoms with van der Waals surface area (Å²) in [6.07, 6.45) is 0.822. The monoisotopic (exact) mass is 379 g/mol. The summed E-state index contributed by atoms with van der Waals surface area (Å²) in [6.45, 7) is 3.95. The maximum atomic E-state index is 11.2. The van der Waals surface area contributed by atoms with Crippen molar-refractivity contribution in [3.05, 3.63) is 0 Å². The smallest absolute Gasteiger partial charge is 0.258 e. The van der Waals surface area contributed by atoms with Crippen molar-refractivity contribution in [3.63, 3.8) is 0 Å². The Morgan fingerprint density at radius 2 is 2.08 bits per heavy atom. The molecule has 0 aliphatic heterocycles. The SMILES string of the molecule is CCOCCCNC(=O)C(Br)(Br)Br. The number of rotatable bonds is 5. The predicted octanol–water partition coefficient (Wildman–Crippen LogP) is 2.37. The number of carbonyl (C=O) groups is 1. The summed E-state index contributed by atoms with van der Waals surface area (Å²) in [5.41, 5.74) is 0. The molecule has 0 atom stereocenters. The van der Waals surface area contributed by atoms with Crippen molar-refractivity contribution < 1.29 is 9.53 Å². The molecule has 0 aliphatic rings. The topological polar surface area (TPSA) is 38.3 Å². The molecule has 0 rings (SSSR count). The minimum atomic E-state index is -0.849. The average Bonchev–Trinajstić information content (AvgIpc) is 2.02. The second-order valence-electron chi connectivity index (χ2n) is 2.30. The number of hydrogen-bond acceptors (Lipinski definition) is 2. The van der Waals surface area contributed by atoms with Crippen LogP contribution in [0.1, 0.15) is 13.3 Å². The summed E-state index contributed by atoms with van der Waals surface area (Å²) in [5, 5.41) is 2.72. The Morgan fingerprint density at radius 3 is 2.54 bits per heavy atom.